The summed E-state index contributed by atoms with van der Waals surface area (Å²) in [5.74, 6) is 0.338. The zero-order valence-corrected chi connectivity index (χ0v) is 17.6. The van der Waals surface area contributed by atoms with Gasteiger partial charge in [0.05, 0.1) is 11.7 Å². The van der Waals surface area contributed by atoms with E-state index in [0.717, 1.165) is 31.3 Å². The van der Waals surface area contributed by atoms with Gasteiger partial charge in [-0.2, -0.15) is 0 Å². The van der Waals surface area contributed by atoms with Crippen molar-refractivity contribution in [3.63, 3.8) is 0 Å². The van der Waals surface area contributed by atoms with E-state index in [1.807, 2.05) is 6.92 Å². The molecule has 5 N–H and O–H groups in total. The molecule has 0 aromatic rings. The van der Waals surface area contributed by atoms with Crippen LogP contribution in [0.15, 0.2) is 11.6 Å². The van der Waals surface area contributed by atoms with E-state index in [1.54, 1.807) is 6.08 Å². The number of aliphatic hydroxyl groups excluding tert-OH is 1. The molecule has 0 spiro atoms. The lowest BCUT2D eigenvalue weighted by molar-refractivity contribution is -0.248. The normalized spacial score (nSPS) is 56.8. The predicted octanol–water partition coefficient (Wildman–Crippen LogP) is 1.86. The molecule has 0 saturated heterocycles. The number of carbonyl (C=O) groups excluding carboxylic acids is 1. The summed E-state index contributed by atoms with van der Waals surface area (Å²) in [5.41, 5.74) is 4.29. The number of cyclic esters (lactones) is 1. The maximum absolute atomic E-state index is 12.2. The van der Waals surface area contributed by atoms with E-state index in [2.05, 4.69) is 6.92 Å². The van der Waals surface area contributed by atoms with E-state index < -0.39 is 22.8 Å². The van der Waals surface area contributed by atoms with E-state index in [1.165, 1.54) is 0 Å². The zero-order chi connectivity index (χ0) is 20.8. The molecule has 0 radical (unpaired) electrons. The number of hydrogen-bond acceptors (Lipinski definition) is 6. The highest BCUT2D eigenvalue weighted by molar-refractivity contribution is 5.85. The summed E-state index contributed by atoms with van der Waals surface area (Å²) >= 11 is 0. The van der Waals surface area contributed by atoms with Gasteiger partial charge in [-0.05, 0) is 86.0 Å². The molecule has 9 atom stereocenters. The second-order valence-electron chi connectivity index (χ2n) is 11.2. The average Bonchev–Trinajstić information content (AvgIpc) is 3.19. The molecule has 4 saturated carbocycles. The Morgan fingerprint density at radius 3 is 2.55 bits per heavy atom. The number of fused-ring (bicyclic) bond motifs is 5. The average molecular weight is 406 g/mol. The number of carbonyl (C=O) groups is 1. The monoisotopic (exact) mass is 405 g/mol. The van der Waals surface area contributed by atoms with Crippen molar-refractivity contribution in [1.29, 1.82) is 0 Å². The largest absolute Gasteiger partial charge is 0.458 e. The maximum atomic E-state index is 12.2. The molecular formula is C23H35NO5. The van der Waals surface area contributed by atoms with Crippen LogP contribution in [0.1, 0.15) is 65.2 Å². The summed E-state index contributed by atoms with van der Waals surface area (Å²) in [6.45, 7) is 4.61. The first kappa shape index (κ1) is 20.0. The van der Waals surface area contributed by atoms with Crippen LogP contribution < -0.4 is 5.73 Å². The summed E-state index contributed by atoms with van der Waals surface area (Å²) in [5, 5.41) is 34.0. The van der Waals surface area contributed by atoms with E-state index >= 15 is 0 Å². The number of nitrogens with two attached hydrogens (primary N) is 1. The Morgan fingerprint density at radius 2 is 1.86 bits per heavy atom. The Kier molecular flexibility index (Phi) is 4.17. The molecule has 1 aliphatic heterocycles. The molecule has 6 nitrogen and oxygen atoms in total. The van der Waals surface area contributed by atoms with Crippen LogP contribution in [0.4, 0.5) is 0 Å². The van der Waals surface area contributed by atoms with Gasteiger partial charge in [0.2, 0.25) is 0 Å². The Morgan fingerprint density at radius 1 is 1.10 bits per heavy atom. The lowest BCUT2D eigenvalue weighted by Gasteiger charge is -2.65. The smallest absolute Gasteiger partial charge is 0.331 e. The fourth-order valence-electron chi connectivity index (χ4n) is 8.41. The van der Waals surface area contributed by atoms with Gasteiger partial charge in [0, 0.05) is 11.5 Å². The quantitative estimate of drug-likeness (QED) is 0.391. The third kappa shape index (κ3) is 2.52. The van der Waals surface area contributed by atoms with Crippen molar-refractivity contribution >= 4 is 5.97 Å². The van der Waals surface area contributed by atoms with Gasteiger partial charge >= 0.3 is 5.97 Å². The predicted molar refractivity (Wildman–Crippen MR) is 106 cm³/mol. The summed E-state index contributed by atoms with van der Waals surface area (Å²) in [6, 6.07) is 0. The molecule has 4 fully saturated rings. The molecule has 162 valence electrons. The molecule has 29 heavy (non-hydrogen) atoms. The topological polar surface area (TPSA) is 113 Å². The maximum Gasteiger partial charge on any atom is 0.331 e. The summed E-state index contributed by atoms with van der Waals surface area (Å²) in [7, 11) is 0. The second-order valence-corrected chi connectivity index (χ2v) is 11.2. The third-order valence-electron chi connectivity index (χ3n) is 10.2. The molecule has 0 aromatic heterocycles. The van der Waals surface area contributed by atoms with Gasteiger partial charge in [0.15, 0.2) is 0 Å². The lowest BCUT2D eigenvalue weighted by atomic mass is 9.42. The molecule has 1 heterocycles. The number of ether oxygens (including phenoxy) is 1. The van der Waals surface area contributed by atoms with Crippen molar-refractivity contribution in [1.82, 2.24) is 0 Å². The minimum absolute atomic E-state index is 0.0175. The van der Waals surface area contributed by atoms with Gasteiger partial charge in [-0.25, -0.2) is 4.79 Å². The van der Waals surface area contributed by atoms with Crippen molar-refractivity contribution in [2.75, 3.05) is 6.61 Å². The Labute approximate surface area is 172 Å². The van der Waals surface area contributed by atoms with Crippen LogP contribution in [0, 0.1) is 34.5 Å². The molecule has 0 unspecified atom stereocenters. The van der Waals surface area contributed by atoms with Gasteiger partial charge in [0.1, 0.15) is 12.3 Å². The van der Waals surface area contributed by atoms with Gasteiger partial charge in [0.25, 0.3) is 0 Å². The van der Waals surface area contributed by atoms with Crippen molar-refractivity contribution < 1.29 is 24.9 Å². The number of aliphatic hydroxyl groups is 3. The Balaban J connectivity index is 1.50. The van der Waals surface area contributed by atoms with Gasteiger partial charge in [-0.1, -0.05) is 13.8 Å². The van der Waals surface area contributed by atoms with E-state index in [9.17, 15) is 20.1 Å². The van der Waals surface area contributed by atoms with Crippen molar-refractivity contribution in [3.05, 3.63) is 11.6 Å². The highest BCUT2D eigenvalue weighted by Crippen LogP contribution is 2.70. The third-order valence-corrected chi connectivity index (χ3v) is 10.2. The fourth-order valence-corrected chi connectivity index (χ4v) is 8.41. The number of rotatable bonds is 1. The van der Waals surface area contributed by atoms with E-state index in [-0.39, 0.29) is 35.7 Å². The Bertz CT molecular complexity index is 764. The van der Waals surface area contributed by atoms with Gasteiger partial charge in [-0.15, -0.1) is 0 Å². The first-order chi connectivity index (χ1) is 13.5. The SMILES string of the molecule is C[C@]12CC[C@](N)(O)C[C@H]1CC[C@@H]1[C@@H]2C[C@@H](O)[C@]2(C)[C@@H](C3=CC(=O)OC3)CC[C@]12O. The molecule has 0 bridgehead atoms. The first-order valence-corrected chi connectivity index (χ1v) is 11.3. The fraction of sp³-hybridized carbons (Fsp3) is 0.870. The molecular weight excluding hydrogens is 370 g/mol. The molecule has 5 aliphatic rings. The summed E-state index contributed by atoms with van der Waals surface area (Å²) in [4.78, 5) is 11.7. The van der Waals surface area contributed by atoms with Crippen LogP contribution >= 0.6 is 0 Å². The van der Waals surface area contributed by atoms with Crippen LogP contribution in [0.5, 0.6) is 0 Å². The highest BCUT2D eigenvalue weighted by Gasteiger charge is 2.71. The van der Waals surface area contributed by atoms with Crippen molar-refractivity contribution in [2.45, 2.75) is 82.6 Å². The number of hydrogen-bond donors (Lipinski definition) is 4. The summed E-state index contributed by atoms with van der Waals surface area (Å²) < 4.78 is 5.15. The summed E-state index contributed by atoms with van der Waals surface area (Å²) in [6.07, 6.45) is 6.91. The lowest BCUT2D eigenvalue weighted by Crippen LogP contribution is -2.67. The van der Waals surface area contributed by atoms with Crippen LogP contribution in [0.3, 0.4) is 0 Å². The second kappa shape index (κ2) is 6.06. The van der Waals surface area contributed by atoms with Gasteiger partial charge < -0.3 is 25.8 Å². The van der Waals surface area contributed by atoms with E-state index in [0.29, 0.717) is 31.6 Å². The number of esters is 1. The zero-order valence-electron chi connectivity index (χ0n) is 17.6. The van der Waals surface area contributed by atoms with Crippen molar-refractivity contribution in [2.24, 2.45) is 40.2 Å². The van der Waals surface area contributed by atoms with Crippen LogP contribution in [-0.4, -0.2) is 45.3 Å². The highest BCUT2D eigenvalue weighted by atomic mass is 16.5. The standard InChI is InChI=1S/C23H35NO5/c1-20-7-8-22(24,27)11-14(20)3-4-16-17(20)10-18(25)21(2)15(5-6-23(16,21)28)13-9-19(26)29-12-13/h9,14-18,25,27-28H,3-8,10-12,24H2,1-2H3/t14-,15-,16-,17+,18-,20+,21+,22+,23+/m1/s1. The molecule has 0 aromatic carbocycles. The minimum atomic E-state index is -1.09. The molecule has 4 aliphatic carbocycles. The van der Waals surface area contributed by atoms with Crippen molar-refractivity contribution in [3.8, 4) is 0 Å². The van der Waals surface area contributed by atoms with E-state index in [4.69, 9.17) is 10.5 Å². The van der Waals surface area contributed by atoms with Crippen LogP contribution in [0.25, 0.3) is 0 Å². The van der Waals surface area contributed by atoms with Crippen LogP contribution in [-0.2, 0) is 9.53 Å². The van der Waals surface area contributed by atoms with Crippen LogP contribution in [0.2, 0.25) is 0 Å². The minimum Gasteiger partial charge on any atom is -0.458 e. The molecule has 5 rings (SSSR count). The molecule has 0 amide bonds. The molecule has 6 heteroatoms. The van der Waals surface area contributed by atoms with Gasteiger partial charge in [-0.3, -0.25) is 0 Å². The Hall–Kier alpha value is -0.950. The first-order valence-electron chi connectivity index (χ1n) is 11.3.